The zero-order valence-corrected chi connectivity index (χ0v) is 12.3. The first-order chi connectivity index (χ1) is 9.69. The summed E-state index contributed by atoms with van der Waals surface area (Å²) >= 11 is 0. The van der Waals surface area contributed by atoms with Crippen LogP contribution >= 0.6 is 0 Å². The molecule has 0 aromatic heterocycles. The molecule has 0 spiro atoms. The molecule has 1 aromatic carbocycles. The Morgan fingerprint density at radius 1 is 1.30 bits per heavy atom. The molecule has 1 aromatic rings. The van der Waals surface area contributed by atoms with Crippen LogP contribution in [-0.4, -0.2) is 26.0 Å². The van der Waals surface area contributed by atoms with Gasteiger partial charge in [-0.2, -0.15) is 0 Å². The number of rotatable bonds is 2. The maximum absolute atomic E-state index is 11.9. The van der Waals surface area contributed by atoms with Crippen LogP contribution in [0.1, 0.15) is 37.8 Å². The van der Waals surface area contributed by atoms with E-state index in [9.17, 15) is 4.79 Å². The highest BCUT2D eigenvalue weighted by molar-refractivity contribution is 6.03. The van der Waals surface area contributed by atoms with Crippen molar-refractivity contribution in [3.63, 3.8) is 0 Å². The van der Waals surface area contributed by atoms with Crippen LogP contribution in [0.3, 0.4) is 0 Å². The first-order valence-corrected chi connectivity index (χ1v) is 7.56. The van der Waals surface area contributed by atoms with Gasteiger partial charge in [0.25, 0.3) is 0 Å². The van der Waals surface area contributed by atoms with Crippen molar-refractivity contribution >= 4 is 17.3 Å². The number of benzene rings is 1. The van der Waals surface area contributed by atoms with Gasteiger partial charge >= 0.3 is 0 Å². The predicted molar refractivity (Wildman–Crippen MR) is 82.1 cm³/mol. The van der Waals surface area contributed by atoms with Crippen LogP contribution in [-0.2, 0) is 4.79 Å². The molecule has 0 saturated carbocycles. The first kappa shape index (κ1) is 13.4. The Morgan fingerprint density at radius 2 is 2.15 bits per heavy atom. The van der Waals surface area contributed by atoms with Crippen molar-refractivity contribution in [3.05, 3.63) is 23.8 Å². The van der Waals surface area contributed by atoms with E-state index in [0.29, 0.717) is 0 Å². The Bertz CT molecular complexity index is 514. The molecule has 3 rings (SSSR count). The smallest absolute Gasteiger partial charge is 0.246 e. The molecule has 20 heavy (non-hydrogen) atoms. The number of fused-ring (bicyclic) bond motifs is 1. The third-order valence-electron chi connectivity index (χ3n) is 4.54. The molecule has 2 atom stereocenters. The number of hydrogen-bond acceptors (Lipinski definition) is 3. The number of anilines is 2. The minimum Gasteiger partial charge on any atom is -0.371 e. The lowest BCUT2D eigenvalue weighted by Crippen LogP contribution is -2.24. The predicted octanol–water partition coefficient (Wildman–Crippen LogP) is 2.53. The van der Waals surface area contributed by atoms with Crippen molar-refractivity contribution in [2.75, 3.05) is 30.4 Å². The maximum atomic E-state index is 11.9. The highest BCUT2D eigenvalue weighted by atomic mass is 16.2. The fraction of sp³-hybridized carbons (Fsp3) is 0.562. The summed E-state index contributed by atoms with van der Waals surface area (Å²) in [5, 5.41) is 6.03. The monoisotopic (exact) mass is 273 g/mol. The third kappa shape index (κ3) is 2.40. The van der Waals surface area contributed by atoms with Gasteiger partial charge in [0.15, 0.2) is 0 Å². The van der Waals surface area contributed by atoms with Crippen molar-refractivity contribution in [2.45, 2.75) is 32.2 Å². The van der Waals surface area contributed by atoms with Gasteiger partial charge in [-0.25, -0.2) is 0 Å². The minimum absolute atomic E-state index is 0.0455. The molecule has 0 aliphatic carbocycles. The highest BCUT2D eigenvalue weighted by Crippen LogP contribution is 2.34. The summed E-state index contributed by atoms with van der Waals surface area (Å²) in [6.07, 6.45) is 3.83. The van der Waals surface area contributed by atoms with Gasteiger partial charge in [-0.15, -0.1) is 0 Å². The van der Waals surface area contributed by atoms with Crippen LogP contribution in [0.5, 0.6) is 0 Å². The maximum Gasteiger partial charge on any atom is 0.246 e. The summed E-state index contributed by atoms with van der Waals surface area (Å²) in [6.45, 7) is 4.57. The Labute approximate surface area is 120 Å². The molecule has 2 unspecified atom stereocenters. The van der Waals surface area contributed by atoms with E-state index in [4.69, 9.17) is 0 Å². The van der Waals surface area contributed by atoms with Crippen LogP contribution in [0.4, 0.5) is 11.4 Å². The Balaban J connectivity index is 1.83. The Morgan fingerprint density at radius 3 is 2.95 bits per heavy atom. The van der Waals surface area contributed by atoms with Gasteiger partial charge in [0.1, 0.15) is 6.04 Å². The molecule has 108 valence electrons. The van der Waals surface area contributed by atoms with Gasteiger partial charge < -0.3 is 15.5 Å². The number of nitrogens with one attached hydrogen (secondary N) is 2. The molecule has 2 N–H and O–H groups in total. The minimum atomic E-state index is -0.205. The summed E-state index contributed by atoms with van der Waals surface area (Å²) in [4.78, 5) is 14.3. The van der Waals surface area contributed by atoms with Crippen LogP contribution in [0.15, 0.2) is 18.2 Å². The van der Waals surface area contributed by atoms with Gasteiger partial charge in [0, 0.05) is 30.0 Å². The molecule has 1 saturated heterocycles. The first-order valence-electron chi connectivity index (χ1n) is 7.56. The van der Waals surface area contributed by atoms with Gasteiger partial charge in [-0.3, -0.25) is 4.79 Å². The lowest BCUT2D eigenvalue weighted by Gasteiger charge is -2.23. The van der Waals surface area contributed by atoms with Gasteiger partial charge in [0.05, 0.1) is 0 Å². The molecule has 4 nitrogen and oxygen atoms in total. The standard InChI is InChI=1S/C16H23N3O/c1-11-4-3-8-19(9-7-11)12-5-6-13-14(10-12)18-16(20)15(13)17-2/h5-6,10-11,15,17H,3-4,7-9H2,1-2H3,(H,18,20). The third-order valence-corrected chi connectivity index (χ3v) is 4.54. The van der Waals surface area contributed by atoms with E-state index in [2.05, 4.69) is 40.7 Å². The molecule has 0 radical (unpaired) electrons. The number of hydrogen-bond donors (Lipinski definition) is 2. The normalized spacial score (nSPS) is 26.1. The molecular formula is C16H23N3O. The Hall–Kier alpha value is -1.55. The van der Waals surface area contributed by atoms with E-state index in [1.807, 2.05) is 7.05 Å². The summed E-state index contributed by atoms with van der Waals surface area (Å²) in [5.74, 6) is 0.868. The molecule has 4 heteroatoms. The lowest BCUT2D eigenvalue weighted by molar-refractivity contribution is -0.117. The van der Waals surface area contributed by atoms with Crippen molar-refractivity contribution < 1.29 is 4.79 Å². The van der Waals surface area contributed by atoms with Crippen LogP contribution in [0.25, 0.3) is 0 Å². The summed E-state index contributed by atoms with van der Waals surface area (Å²) < 4.78 is 0. The number of amides is 1. The van der Waals surface area contributed by atoms with Crippen molar-refractivity contribution in [2.24, 2.45) is 5.92 Å². The van der Waals surface area contributed by atoms with Crippen molar-refractivity contribution in [3.8, 4) is 0 Å². The molecule has 2 aliphatic rings. The summed E-state index contributed by atoms with van der Waals surface area (Å²) in [6, 6.07) is 6.15. The van der Waals surface area contributed by atoms with Crippen molar-refractivity contribution in [1.29, 1.82) is 0 Å². The van der Waals surface area contributed by atoms with Crippen molar-refractivity contribution in [1.82, 2.24) is 5.32 Å². The molecular weight excluding hydrogens is 250 g/mol. The number of nitrogens with zero attached hydrogens (tertiary/aromatic N) is 1. The summed E-state index contributed by atoms with van der Waals surface area (Å²) in [7, 11) is 1.82. The second-order valence-electron chi connectivity index (χ2n) is 6.01. The fourth-order valence-corrected chi connectivity index (χ4v) is 3.25. The summed E-state index contributed by atoms with van der Waals surface area (Å²) in [5.41, 5.74) is 3.25. The quantitative estimate of drug-likeness (QED) is 0.870. The number of carbonyl (C=O) groups excluding carboxylic acids is 1. The van der Waals surface area contributed by atoms with Gasteiger partial charge in [-0.1, -0.05) is 13.0 Å². The number of carbonyl (C=O) groups is 1. The van der Waals surface area contributed by atoms with E-state index >= 15 is 0 Å². The molecule has 1 amide bonds. The average molecular weight is 273 g/mol. The molecule has 2 aliphatic heterocycles. The van der Waals surface area contributed by atoms with E-state index < -0.39 is 0 Å². The van der Waals surface area contributed by atoms with Crippen LogP contribution < -0.4 is 15.5 Å². The van der Waals surface area contributed by atoms with E-state index in [0.717, 1.165) is 30.3 Å². The number of likely N-dealkylation sites (N-methyl/N-ethyl adjacent to an activating group) is 1. The van der Waals surface area contributed by atoms with E-state index in [1.54, 1.807) is 0 Å². The van der Waals surface area contributed by atoms with Gasteiger partial charge in [-0.05, 0) is 44.4 Å². The fourth-order valence-electron chi connectivity index (χ4n) is 3.25. The van der Waals surface area contributed by atoms with E-state index in [1.165, 1.54) is 24.9 Å². The second-order valence-corrected chi connectivity index (χ2v) is 6.01. The van der Waals surface area contributed by atoms with E-state index in [-0.39, 0.29) is 11.9 Å². The molecule has 0 bridgehead atoms. The zero-order chi connectivity index (χ0) is 14.1. The van der Waals surface area contributed by atoms with Gasteiger partial charge in [0.2, 0.25) is 5.91 Å². The largest absolute Gasteiger partial charge is 0.371 e. The molecule has 2 heterocycles. The zero-order valence-electron chi connectivity index (χ0n) is 12.3. The topological polar surface area (TPSA) is 44.4 Å². The Kier molecular flexibility index (Phi) is 3.66. The molecule has 1 fully saturated rings. The average Bonchev–Trinajstić information content (AvgIpc) is 2.60. The van der Waals surface area contributed by atoms with Crippen LogP contribution in [0, 0.1) is 5.92 Å². The highest BCUT2D eigenvalue weighted by Gasteiger charge is 2.29. The lowest BCUT2D eigenvalue weighted by atomic mass is 10.0. The van der Waals surface area contributed by atoms with Crippen LogP contribution in [0.2, 0.25) is 0 Å². The SMILES string of the molecule is CNC1C(=O)Nc2cc(N3CCCC(C)CC3)ccc21. The second kappa shape index (κ2) is 5.44.